The Balaban J connectivity index is 0.000000346. The number of halogens is 1. The van der Waals surface area contributed by atoms with E-state index >= 15 is 0 Å². The van der Waals surface area contributed by atoms with E-state index in [1.54, 1.807) is 71.0 Å². The fourth-order valence-electron chi connectivity index (χ4n) is 9.79. The first-order valence-electron chi connectivity index (χ1n) is 27.6. The van der Waals surface area contributed by atoms with Crippen LogP contribution in [0.1, 0.15) is 110 Å². The molecule has 0 radical (unpaired) electrons. The third-order valence-electron chi connectivity index (χ3n) is 14.7. The number of hydrogen-bond donors (Lipinski definition) is 4. The lowest BCUT2D eigenvalue weighted by molar-refractivity contribution is -0.142. The Bertz CT molecular complexity index is 2690. The molecule has 0 bridgehead atoms. The number of nitrogens with zero attached hydrogens (tertiary/aromatic N) is 3. The van der Waals surface area contributed by atoms with Crippen LogP contribution in [0.3, 0.4) is 0 Å². The number of nitrogens with one attached hydrogen (secondary N) is 3. The van der Waals surface area contributed by atoms with Crippen LogP contribution in [-0.2, 0) is 65.3 Å². The lowest BCUT2D eigenvalue weighted by Gasteiger charge is -2.27. The van der Waals surface area contributed by atoms with Crippen LogP contribution in [0.25, 0.3) is 0 Å². The molecule has 4 aromatic carbocycles. The Labute approximate surface area is 485 Å². The molecule has 0 unspecified atom stereocenters. The first kappa shape index (κ1) is 69.6. The van der Waals surface area contributed by atoms with Crippen molar-refractivity contribution in [3.63, 3.8) is 0 Å². The van der Waals surface area contributed by atoms with Gasteiger partial charge >= 0.3 is 5.97 Å². The van der Waals surface area contributed by atoms with Crippen molar-refractivity contribution in [2.24, 2.45) is 11.8 Å². The van der Waals surface area contributed by atoms with E-state index in [1.165, 1.54) is 93.6 Å². The molecule has 0 heterocycles. The molecule has 2 saturated carbocycles. The van der Waals surface area contributed by atoms with Gasteiger partial charge in [-0.25, -0.2) is 21.6 Å². The molecular formula is C60H93ClN6O11S2. The van der Waals surface area contributed by atoms with E-state index in [1.807, 2.05) is 7.05 Å². The van der Waals surface area contributed by atoms with E-state index in [0.29, 0.717) is 46.3 Å². The molecule has 2 fully saturated rings. The van der Waals surface area contributed by atoms with Crippen molar-refractivity contribution in [1.82, 2.24) is 29.5 Å². The maximum absolute atomic E-state index is 13.1. The van der Waals surface area contributed by atoms with Gasteiger partial charge in [-0.3, -0.25) is 4.79 Å². The van der Waals surface area contributed by atoms with E-state index in [0.717, 1.165) is 47.4 Å². The van der Waals surface area contributed by atoms with Gasteiger partial charge in [-0.1, -0.05) is 62.4 Å². The molecule has 2 aliphatic rings. The monoisotopic (exact) mass is 1170 g/mol. The average molecular weight is 1170 g/mol. The number of aliphatic carboxylic acids is 1. The van der Waals surface area contributed by atoms with Crippen LogP contribution >= 0.6 is 12.4 Å². The quantitative estimate of drug-likeness (QED) is 0.0434. The van der Waals surface area contributed by atoms with E-state index in [4.69, 9.17) is 24.1 Å². The fourth-order valence-corrected chi connectivity index (χ4v) is 12.9. The lowest BCUT2D eigenvalue weighted by atomic mass is 9.87. The highest BCUT2D eigenvalue weighted by Gasteiger charge is 2.27. The number of carboxylic acids is 1. The third kappa shape index (κ3) is 22.6. The number of ether oxygens (including phenoxy) is 4. The van der Waals surface area contributed by atoms with Crippen molar-refractivity contribution < 1.29 is 50.5 Å². The van der Waals surface area contributed by atoms with E-state index in [-0.39, 0.29) is 61.0 Å². The second-order valence-electron chi connectivity index (χ2n) is 21.4. The molecule has 20 heteroatoms. The van der Waals surface area contributed by atoms with Gasteiger partial charge in [0, 0.05) is 72.5 Å². The predicted octanol–water partition coefficient (Wildman–Crippen LogP) is 8.81. The second-order valence-corrected chi connectivity index (χ2v) is 25.4. The SMILES string of the molecule is CNCc1ccc(CNC2CCC(C)CC2)cc1.COc1cc(C)c(S(=O)(=O)N(C)CCOCC(=O)N(C)Cc2ccc(CNC3CCC(C)CC3)cc2)c(C)c1.COc1cc(C)c(S(=O)(=O)N(C)CCOCC(=O)O)c(C)c1.Cl. The Morgan fingerprint density at radius 2 is 0.900 bits per heavy atom. The number of methoxy groups -OCH3 is 2. The first-order chi connectivity index (χ1) is 37.5. The minimum atomic E-state index is -3.70. The van der Waals surface area contributed by atoms with Gasteiger partial charge in [0.2, 0.25) is 26.0 Å². The molecule has 0 spiro atoms. The van der Waals surface area contributed by atoms with Crippen molar-refractivity contribution >= 4 is 44.3 Å². The topological polar surface area (TPSA) is 205 Å². The summed E-state index contributed by atoms with van der Waals surface area (Å²) < 4.78 is 74.6. The summed E-state index contributed by atoms with van der Waals surface area (Å²) in [6.45, 7) is 14.7. The largest absolute Gasteiger partial charge is 0.497 e. The molecule has 0 aromatic heterocycles. The van der Waals surface area contributed by atoms with Crippen molar-refractivity contribution in [2.75, 3.05) is 81.9 Å². The number of likely N-dealkylation sites (N-methyl/N-ethyl adjacent to an activating group) is 3. The molecule has 6 rings (SSSR count). The number of carboxylic acid groups (broad SMARTS) is 1. The zero-order valence-electron chi connectivity index (χ0n) is 49.6. The summed E-state index contributed by atoms with van der Waals surface area (Å²) in [5, 5.41) is 19.0. The Morgan fingerprint density at radius 3 is 1.24 bits per heavy atom. The Kier molecular flexibility index (Phi) is 30.2. The smallest absolute Gasteiger partial charge is 0.329 e. The molecule has 1 amide bonds. The third-order valence-corrected chi connectivity index (χ3v) is 19.0. The van der Waals surface area contributed by atoms with Gasteiger partial charge in [0.1, 0.15) is 24.7 Å². The zero-order chi connectivity index (χ0) is 58.3. The summed E-state index contributed by atoms with van der Waals surface area (Å²) in [5.41, 5.74) is 7.48. The van der Waals surface area contributed by atoms with E-state index in [9.17, 15) is 26.4 Å². The minimum Gasteiger partial charge on any atom is -0.497 e. The molecule has 17 nitrogen and oxygen atoms in total. The number of benzene rings is 4. The van der Waals surface area contributed by atoms with Crippen molar-refractivity contribution in [3.05, 3.63) is 117 Å². The number of hydrogen-bond acceptors (Lipinski definition) is 13. The molecule has 80 heavy (non-hydrogen) atoms. The Morgan fingerprint density at radius 1 is 0.562 bits per heavy atom. The highest BCUT2D eigenvalue weighted by molar-refractivity contribution is 7.89. The van der Waals surface area contributed by atoms with Gasteiger partial charge in [-0.15, -0.1) is 12.4 Å². The van der Waals surface area contributed by atoms with Crippen molar-refractivity contribution in [3.8, 4) is 11.5 Å². The average Bonchev–Trinajstić information content (AvgIpc) is 3.41. The summed E-state index contributed by atoms with van der Waals surface area (Å²) in [5.74, 6) is 1.76. The van der Waals surface area contributed by atoms with Crippen LogP contribution in [0, 0.1) is 39.5 Å². The van der Waals surface area contributed by atoms with Gasteiger partial charge in [0.05, 0.1) is 37.2 Å². The lowest BCUT2D eigenvalue weighted by Crippen LogP contribution is -2.33. The number of rotatable bonds is 26. The molecule has 0 atom stereocenters. The summed E-state index contributed by atoms with van der Waals surface area (Å²) >= 11 is 0. The summed E-state index contributed by atoms with van der Waals surface area (Å²) in [6, 6.07) is 25.4. The van der Waals surface area contributed by atoms with Crippen LogP contribution in [0.15, 0.2) is 82.6 Å². The number of carbonyl (C=O) groups is 2. The van der Waals surface area contributed by atoms with Crippen molar-refractivity contribution in [2.45, 2.75) is 141 Å². The summed E-state index contributed by atoms with van der Waals surface area (Å²) in [7, 11) is 2.38. The van der Waals surface area contributed by atoms with E-state index < -0.39 is 32.6 Å². The highest BCUT2D eigenvalue weighted by Crippen LogP contribution is 2.30. The maximum Gasteiger partial charge on any atom is 0.329 e. The van der Waals surface area contributed by atoms with Crippen LogP contribution < -0.4 is 25.4 Å². The molecule has 4 aromatic rings. The van der Waals surface area contributed by atoms with Crippen molar-refractivity contribution in [1.29, 1.82) is 0 Å². The summed E-state index contributed by atoms with van der Waals surface area (Å²) in [4.78, 5) is 25.0. The normalized spacial score (nSPS) is 17.3. The maximum atomic E-state index is 13.1. The van der Waals surface area contributed by atoms with Crippen LogP contribution in [0.4, 0.5) is 0 Å². The van der Waals surface area contributed by atoms with Gasteiger partial charge in [0.15, 0.2) is 0 Å². The number of carbonyl (C=O) groups excluding carboxylic acids is 1. The fraction of sp³-hybridized carbons (Fsp3) is 0.567. The number of sulfonamides is 2. The van der Waals surface area contributed by atoms with Gasteiger partial charge in [0.25, 0.3) is 0 Å². The standard InChI is InChI=1S/C30H45N3O5S.C16H26N2.C14H21NO6S.ClH/c1-22-7-13-27(14-8-22)31-19-25-9-11-26(12-10-25)20-32(4)29(34)21-38-16-15-33(5)39(35,36)30-23(2)17-28(37-6)18-24(30)3;1-13-3-9-16(10-4-13)18-12-15-7-5-14(6-8-15)11-17-2;1-10-7-12(20-4)8-11(2)14(10)22(18,19)15(3)5-6-21-9-13(16)17;/h9-12,17-18,22,27,31H,7-8,13-16,19-21H2,1-6H3;5-8,13,16-18H,3-4,9-12H2,1-2H3;7-8H,5-6,9H2,1-4H3,(H,16,17);1H. The minimum absolute atomic E-state index is 0. The highest BCUT2D eigenvalue weighted by atomic mass is 35.5. The van der Waals surface area contributed by atoms with Gasteiger partial charge in [-0.05, 0) is 167 Å². The summed E-state index contributed by atoms with van der Waals surface area (Å²) in [6.07, 6.45) is 10.6. The number of amides is 1. The van der Waals surface area contributed by atoms with Crippen LogP contribution in [0.2, 0.25) is 0 Å². The molecular weight excluding hydrogens is 1080 g/mol. The Hall–Kier alpha value is -4.67. The van der Waals surface area contributed by atoms with E-state index in [2.05, 4.69) is 78.3 Å². The number of aryl methyl sites for hydroxylation is 4. The first-order valence-corrected chi connectivity index (χ1v) is 30.5. The second kappa shape index (κ2) is 34.7. The van der Waals surface area contributed by atoms with Crippen LogP contribution in [-0.4, -0.2) is 141 Å². The van der Waals surface area contributed by atoms with Gasteiger partial charge in [-0.2, -0.15) is 8.61 Å². The molecule has 448 valence electrons. The molecule has 4 N–H and O–H groups in total. The zero-order valence-corrected chi connectivity index (χ0v) is 52.0. The predicted molar refractivity (Wildman–Crippen MR) is 320 cm³/mol. The molecule has 0 aliphatic heterocycles. The van der Waals surface area contributed by atoms with Gasteiger partial charge < -0.3 is 44.9 Å². The van der Waals surface area contributed by atoms with Crippen LogP contribution in [0.5, 0.6) is 11.5 Å². The molecule has 0 saturated heterocycles. The molecule has 2 aliphatic carbocycles.